The molecular weight excluding hydrogens is 272 g/mol. The Morgan fingerprint density at radius 1 is 0.909 bits per heavy atom. The predicted octanol–water partition coefficient (Wildman–Crippen LogP) is 5.15. The number of benzene rings is 2. The SMILES string of the molecule is CC1CC(C)CC(C2OCc3c(ccc4ccccc34)O2)C1. The van der Waals surface area contributed by atoms with E-state index in [0.29, 0.717) is 12.5 Å². The molecule has 4 rings (SSSR count). The average Bonchev–Trinajstić information content (AvgIpc) is 2.53. The number of rotatable bonds is 1. The highest BCUT2D eigenvalue weighted by molar-refractivity contribution is 5.87. The highest BCUT2D eigenvalue weighted by atomic mass is 16.7. The van der Waals surface area contributed by atoms with Gasteiger partial charge in [0.2, 0.25) is 6.29 Å². The van der Waals surface area contributed by atoms with Crippen LogP contribution >= 0.6 is 0 Å². The summed E-state index contributed by atoms with van der Waals surface area (Å²) in [5.41, 5.74) is 1.20. The molecular formula is C20H24O2. The zero-order chi connectivity index (χ0) is 15.1. The molecule has 1 aliphatic heterocycles. The average molecular weight is 296 g/mol. The molecule has 1 heterocycles. The third-order valence-corrected chi connectivity index (χ3v) is 5.23. The first kappa shape index (κ1) is 14.1. The number of hydrogen-bond donors (Lipinski definition) is 0. The topological polar surface area (TPSA) is 18.5 Å². The molecule has 0 radical (unpaired) electrons. The van der Waals surface area contributed by atoms with E-state index in [1.54, 1.807) is 0 Å². The van der Waals surface area contributed by atoms with E-state index in [0.717, 1.165) is 17.6 Å². The van der Waals surface area contributed by atoms with E-state index >= 15 is 0 Å². The Labute approximate surface area is 132 Å². The normalized spacial score (nSPS) is 31.5. The van der Waals surface area contributed by atoms with Crippen LogP contribution in [0.3, 0.4) is 0 Å². The summed E-state index contributed by atoms with van der Waals surface area (Å²) in [6.45, 7) is 5.38. The quantitative estimate of drug-likeness (QED) is 0.724. The maximum absolute atomic E-state index is 6.25. The minimum atomic E-state index is -0.0705. The van der Waals surface area contributed by atoms with Crippen LogP contribution in [0.1, 0.15) is 38.7 Å². The van der Waals surface area contributed by atoms with Gasteiger partial charge >= 0.3 is 0 Å². The molecule has 1 saturated carbocycles. The molecule has 1 aliphatic carbocycles. The van der Waals surface area contributed by atoms with Gasteiger partial charge in [-0.15, -0.1) is 0 Å². The van der Waals surface area contributed by atoms with Crippen molar-refractivity contribution in [2.45, 2.75) is 46.0 Å². The summed E-state index contributed by atoms with van der Waals surface area (Å²) in [4.78, 5) is 0. The van der Waals surface area contributed by atoms with E-state index < -0.39 is 0 Å². The molecule has 2 aromatic rings. The molecule has 0 bridgehead atoms. The molecule has 22 heavy (non-hydrogen) atoms. The van der Waals surface area contributed by atoms with Crippen LogP contribution in [-0.4, -0.2) is 6.29 Å². The van der Waals surface area contributed by atoms with Gasteiger partial charge in [-0.2, -0.15) is 0 Å². The van der Waals surface area contributed by atoms with Gasteiger partial charge in [-0.1, -0.05) is 44.2 Å². The van der Waals surface area contributed by atoms with Crippen molar-refractivity contribution in [1.29, 1.82) is 0 Å². The van der Waals surface area contributed by atoms with Crippen LogP contribution in [0.25, 0.3) is 10.8 Å². The number of hydrogen-bond acceptors (Lipinski definition) is 2. The molecule has 2 aliphatic rings. The van der Waals surface area contributed by atoms with Crippen LogP contribution in [0.2, 0.25) is 0 Å². The lowest BCUT2D eigenvalue weighted by molar-refractivity contribution is -0.152. The van der Waals surface area contributed by atoms with E-state index in [1.165, 1.54) is 35.6 Å². The highest BCUT2D eigenvalue weighted by Crippen LogP contribution is 2.40. The van der Waals surface area contributed by atoms with Gasteiger partial charge in [0, 0.05) is 11.5 Å². The maximum Gasteiger partial charge on any atom is 0.203 e. The Bertz CT molecular complexity index is 668. The van der Waals surface area contributed by atoms with Crippen LogP contribution in [0.15, 0.2) is 36.4 Å². The van der Waals surface area contributed by atoms with Crippen molar-refractivity contribution in [3.05, 3.63) is 42.0 Å². The van der Waals surface area contributed by atoms with E-state index in [2.05, 4.69) is 50.2 Å². The Kier molecular flexibility index (Phi) is 3.57. The molecule has 3 atom stereocenters. The van der Waals surface area contributed by atoms with Gasteiger partial charge in [-0.25, -0.2) is 0 Å². The van der Waals surface area contributed by atoms with Crippen LogP contribution in [-0.2, 0) is 11.3 Å². The van der Waals surface area contributed by atoms with E-state index in [1.807, 2.05) is 0 Å². The van der Waals surface area contributed by atoms with Crippen molar-refractivity contribution in [3.63, 3.8) is 0 Å². The smallest absolute Gasteiger partial charge is 0.203 e. The van der Waals surface area contributed by atoms with Crippen LogP contribution in [0.4, 0.5) is 0 Å². The van der Waals surface area contributed by atoms with E-state index in [4.69, 9.17) is 9.47 Å². The van der Waals surface area contributed by atoms with Crippen molar-refractivity contribution >= 4 is 10.8 Å². The summed E-state index contributed by atoms with van der Waals surface area (Å²) in [5, 5.41) is 2.51. The minimum absolute atomic E-state index is 0.0705. The van der Waals surface area contributed by atoms with Gasteiger partial charge < -0.3 is 9.47 Å². The molecule has 3 unspecified atom stereocenters. The molecule has 2 nitrogen and oxygen atoms in total. The standard InChI is InChI=1S/C20H24O2/c1-13-9-14(2)11-16(10-13)20-21-12-18-17-6-4-3-5-15(17)7-8-19(18)22-20/h3-8,13-14,16,20H,9-12H2,1-2H3. The van der Waals surface area contributed by atoms with Gasteiger partial charge in [-0.3, -0.25) is 0 Å². The lowest BCUT2D eigenvalue weighted by Gasteiger charge is -2.38. The first-order valence-corrected chi connectivity index (χ1v) is 8.49. The Morgan fingerprint density at radius 2 is 1.68 bits per heavy atom. The van der Waals surface area contributed by atoms with Crippen molar-refractivity contribution in [2.75, 3.05) is 0 Å². The van der Waals surface area contributed by atoms with Crippen molar-refractivity contribution in [3.8, 4) is 5.75 Å². The Hall–Kier alpha value is -1.54. The zero-order valence-electron chi connectivity index (χ0n) is 13.4. The van der Waals surface area contributed by atoms with Crippen LogP contribution in [0.5, 0.6) is 5.75 Å². The molecule has 0 amide bonds. The zero-order valence-corrected chi connectivity index (χ0v) is 13.4. The molecule has 1 fully saturated rings. The predicted molar refractivity (Wildman–Crippen MR) is 88.8 cm³/mol. The summed E-state index contributed by atoms with van der Waals surface area (Å²) in [7, 11) is 0. The summed E-state index contributed by atoms with van der Waals surface area (Å²) in [6, 6.07) is 12.7. The lowest BCUT2D eigenvalue weighted by atomic mass is 9.76. The third kappa shape index (κ3) is 2.50. The van der Waals surface area contributed by atoms with E-state index in [9.17, 15) is 0 Å². The van der Waals surface area contributed by atoms with Crippen LogP contribution < -0.4 is 4.74 Å². The first-order valence-electron chi connectivity index (χ1n) is 8.49. The summed E-state index contributed by atoms with van der Waals surface area (Å²) in [6.07, 6.45) is 3.71. The maximum atomic E-state index is 6.25. The molecule has 2 aromatic carbocycles. The lowest BCUT2D eigenvalue weighted by Crippen LogP contribution is -2.37. The largest absolute Gasteiger partial charge is 0.464 e. The summed E-state index contributed by atoms with van der Waals surface area (Å²) in [5.74, 6) is 3.09. The second-order valence-corrected chi connectivity index (χ2v) is 7.24. The van der Waals surface area contributed by atoms with Crippen molar-refractivity contribution in [2.24, 2.45) is 17.8 Å². The third-order valence-electron chi connectivity index (χ3n) is 5.23. The fourth-order valence-electron chi connectivity index (χ4n) is 4.36. The van der Waals surface area contributed by atoms with Crippen molar-refractivity contribution < 1.29 is 9.47 Å². The summed E-state index contributed by atoms with van der Waals surface area (Å²) >= 11 is 0. The molecule has 2 heteroatoms. The monoisotopic (exact) mass is 296 g/mol. The van der Waals surface area contributed by atoms with E-state index in [-0.39, 0.29) is 6.29 Å². The molecule has 0 saturated heterocycles. The highest BCUT2D eigenvalue weighted by Gasteiger charge is 2.34. The minimum Gasteiger partial charge on any atom is -0.464 e. The second kappa shape index (κ2) is 5.58. The number of ether oxygens (including phenoxy) is 2. The fourth-order valence-corrected chi connectivity index (χ4v) is 4.36. The van der Waals surface area contributed by atoms with Gasteiger partial charge in [0.25, 0.3) is 0 Å². The van der Waals surface area contributed by atoms with Crippen molar-refractivity contribution in [1.82, 2.24) is 0 Å². The molecule has 0 N–H and O–H groups in total. The van der Waals surface area contributed by atoms with Gasteiger partial charge in [0.05, 0.1) is 6.61 Å². The fraction of sp³-hybridized carbons (Fsp3) is 0.500. The van der Waals surface area contributed by atoms with Gasteiger partial charge in [-0.05, 0) is 47.9 Å². The number of fused-ring (bicyclic) bond motifs is 3. The molecule has 116 valence electrons. The molecule has 0 aromatic heterocycles. The first-order chi connectivity index (χ1) is 10.7. The van der Waals surface area contributed by atoms with Gasteiger partial charge in [0.15, 0.2) is 0 Å². The summed E-state index contributed by atoms with van der Waals surface area (Å²) < 4.78 is 12.4. The Morgan fingerprint density at radius 3 is 2.50 bits per heavy atom. The van der Waals surface area contributed by atoms with Crippen LogP contribution in [0, 0.1) is 17.8 Å². The molecule has 0 spiro atoms. The second-order valence-electron chi connectivity index (χ2n) is 7.24. The van der Waals surface area contributed by atoms with Gasteiger partial charge in [0.1, 0.15) is 5.75 Å². The Balaban J connectivity index is 1.60.